The fraction of sp³-hybridized carbons (Fsp3) is 0.105. The molecule has 2 heterocycles. The van der Waals surface area contributed by atoms with Crippen LogP contribution in [0.15, 0.2) is 58.4 Å². The zero-order chi connectivity index (χ0) is 16.7. The summed E-state index contributed by atoms with van der Waals surface area (Å²) in [6.45, 7) is 0. The maximum absolute atomic E-state index is 13.6. The molecule has 1 atom stereocenters. The lowest BCUT2D eigenvalue weighted by molar-refractivity contribution is -0.116. The van der Waals surface area contributed by atoms with Crippen LogP contribution in [0.25, 0.3) is 11.1 Å². The molecule has 0 saturated heterocycles. The lowest BCUT2D eigenvalue weighted by atomic mass is 9.89. The number of carbonyl (C=O) groups excluding carboxylic acids is 1. The Morgan fingerprint density at radius 1 is 1.17 bits per heavy atom. The maximum atomic E-state index is 13.6. The minimum atomic E-state index is -0.279. The van der Waals surface area contributed by atoms with Crippen LogP contribution >= 0.6 is 27.3 Å². The third-order valence-electron chi connectivity index (χ3n) is 4.20. The number of rotatable bonds is 2. The number of carbonyl (C=O) groups is 1. The largest absolute Gasteiger partial charge is 0.325 e. The van der Waals surface area contributed by atoms with Gasteiger partial charge in [0.25, 0.3) is 0 Å². The summed E-state index contributed by atoms with van der Waals surface area (Å²) in [5.41, 5.74) is 3.59. The van der Waals surface area contributed by atoms with Crippen LogP contribution in [-0.2, 0) is 4.79 Å². The number of hydrogen-bond acceptors (Lipinski definition) is 2. The molecule has 3 aromatic rings. The third-order valence-corrected chi connectivity index (χ3v) is 5.82. The van der Waals surface area contributed by atoms with Gasteiger partial charge < -0.3 is 5.32 Å². The molecule has 1 aliphatic heterocycles. The molecule has 120 valence electrons. The van der Waals surface area contributed by atoms with Gasteiger partial charge in [-0.25, -0.2) is 4.39 Å². The molecule has 0 bridgehead atoms. The molecule has 0 unspecified atom stereocenters. The summed E-state index contributed by atoms with van der Waals surface area (Å²) in [5.74, 6) is -0.250. The summed E-state index contributed by atoms with van der Waals surface area (Å²) < 4.78 is 14.6. The number of benzene rings is 2. The SMILES string of the molecule is O=C1C[C@H](c2ccc(Br)cc2)c2scc(-c3cccc(F)c3)c2N1. The summed E-state index contributed by atoms with van der Waals surface area (Å²) >= 11 is 5.06. The summed E-state index contributed by atoms with van der Waals surface area (Å²) in [5, 5.41) is 4.97. The first kappa shape index (κ1) is 15.5. The molecular weight excluding hydrogens is 389 g/mol. The van der Waals surface area contributed by atoms with Gasteiger partial charge in [0, 0.05) is 32.6 Å². The van der Waals surface area contributed by atoms with Crippen molar-refractivity contribution < 1.29 is 9.18 Å². The Morgan fingerprint density at radius 3 is 2.71 bits per heavy atom. The zero-order valence-electron chi connectivity index (χ0n) is 12.6. The molecule has 1 amide bonds. The molecule has 2 nitrogen and oxygen atoms in total. The highest BCUT2D eigenvalue weighted by Gasteiger charge is 2.30. The van der Waals surface area contributed by atoms with E-state index in [0.717, 1.165) is 31.7 Å². The fourth-order valence-electron chi connectivity index (χ4n) is 3.06. The van der Waals surface area contributed by atoms with Gasteiger partial charge in [0.1, 0.15) is 5.82 Å². The standard InChI is InChI=1S/C19H13BrFNOS/c20-13-6-4-11(5-7-13)15-9-17(23)22-18-16(10-24-19(15)18)12-2-1-3-14(21)8-12/h1-8,10,15H,9H2,(H,22,23)/t15-/m1/s1. The fourth-order valence-corrected chi connectivity index (χ4v) is 4.49. The van der Waals surface area contributed by atoms with E-state index in [2.05, 4.69) is 21.2 Å². The van der Waals surface area contributed by atoms with Crippen LogP contribution in [0.4, 0.5) is 10.1 Å². The van der Waals surface area contributed by atoms with Gasteiger partial charge in [-0.2, -0.15) is 0 Å². The summed E-state index contributed by atoms with van der Waals surface area (Å²) in [7, 11) is 0. The number of thiophene rings is 1. The molecule has 0 fully saturated rings. The quantitative estimate of drug-likeness (QED) is 0.578. The van der Waals surface area contributed by atoms with Crippen molar-refractivity contribution in [3.63, 3.8) is 0 Å². The molecule has 0 spiro atoms. The van der Waals surface area contributed by atoms with E-state index in [1.165, 1.54) is 12.1 Å². The molecule has 1 aliphatic rings. The van der Waals surface area contributed by atoms with Crippen LogP contribution in [0.3, 0.4) is 0 Å². The van der Waals surface area contributed by atoms with Crippen molar-refractivity contribution in [3.8, 4) is 11.1 Å². The summed E-state index contributed by atoms with van der Waals surface area (Å²) in [4.78, 5) is 13.4. The van der Waals surface area contributed by atoms with Crippen molar-refractivity contribution in [3.05, 3.63) is 74.6 Å². The number of fused-ring (bicyclic) bond motifs is 1. The average molecular weight is 402 g/mol. The van der Waals surface area contributed by atoms with Crippen molar-refractivity contribution in [1.29, 1.82) is 0 Å². The molecule has 2 aromatic carbocycles. The van der Waals surface area contributed by atoms with E-state index in [4.69, 9.17) is 0 Å². The highest BCUT2D eigenvalue weighted by atomic mass is 79.9. The van der Waals surface area contributed by atoms with Gasteiger partial charge in [-0.1, -0.05) is 40.2 Å². The van der Waals surface area contributed by atoms with Crippen LogP contribution in [0.1, 0.15) is 22.8 Å². The van der Waals surface area contributed by atoms with Crippen molar-refractivity contribution in [2.24, 2.45) is 0 Å². The monoisotopic (exact) mass is 401 g/mol. The number of amides is 1. The molecule has 1 aromatic heterocycles. The molecule has 0 saturated carbocycles. The van der Waals surface area contributed by atoms with E-state index >= 15 is 0 Å². The van der Waals surface area contributed by atoms with E-state index in [1.54, 1.807) is 17.4 Å². The normalized spacial score (nSPS) is 16.6. The van der Waals surface area contributed by atoms with Gasteiger partial charge in [-0.15, -0.1) is 11.3 Å². The van der Waals surface area contributed by atoms with Crippen LogP contribution < -0.4 is 5.32 Å². The zero-order valence-corrected chi connectivity index (χ0v) is 15.0. The van der Waals surface area contributed by atoms with Gasteiger partial charge in [-0.3, -0.25) is 4.79 Å². The third kappa shape index (κ3) is 2.78. The first-order valence-corrected chi connectivity index (χ1v) is 9.22. The Morgan fingerprint density at radius 2 is 1.96 bits per heavy atom. The van der Waals surface area contributed by atoms with Gasteiger partial charge >= 0.3 is 0 Å². The van der Waals surface area contributed by atoms with Crippen LogP contribution in [0, 0.1) is 5.82 Å². The first-order chi connectivity index (χ1) is 11.6. The van der Waals surface area contributed by atoms with E-state index in [0.29, 0.717) is 6.42 Å². The molecule has 4 rings (SSSR count). The van der Waals surface area contributed by atoms with Gasteiger partial charge in [0.15, 0.2) is 0 Å². The Bertz CT molecular complexity index is 919. The minimum Gasteiger partial charge on any atom is -0.325 e. The van der Waals surface area contributed by atoms with Gasteiger partial charge in [-0.05, 0) is 35.4 Å². The lowest BCUT2D eigenvalue weighted by Gasteiger charge is -2.24. The Labute approximate surface area is 151 Å². The molecule has 1 N–H and O–H groups in total. The topological polar surface area (TPSA) is 29.1 Å². The van der Waals surface area contributed by atoms with Crippen molar-refractivity contribution in [1.82, 2.24) is 0 Å². The highest BCUT2D eigenvalue weighted by Crippen LogP contribution is 2.46. The number of halogens is 2. The van der Waals surface area contributed by atoms with Crippen molar-refractivity contribution in [2.45, 2.75) is 12.3 Å². The van der Waals surface area contributed by atoms with Crippen LogP contribution in [-0.4, -0.2) is 5.91 Å². The highest BCUT2D eigenvalue weighted by molar-refractivity contribution is 9.10. The van der Waals surface area contributed by atoms with Gasteiger partial charge in [0.2, 0.25) is 5.91 Å². The second-order valence-corrected chi connectivity index (χ2v) is 7.58. The first-order valence-electron chi connectivity index (χ1n) is 7.54. The Kier molecular flexibility index (Phi) is 3.98. The summed E-state index contributed by atoms with van der Waals surface area (Å²) in [6, 6.07) is 14.5. The lowest BCUT2D eigenvalue weighted by Crippen LogP contribution is -2.22. The van der Waals surface area contributed by atoms with Crippen LogP contribution in [0.2, 0.25) is 0 Å². The molecule has 0 aliphatic carbocycles. The predicted molar refractivity (Wildman–Crippen MR) is 98.9 cm³/mol. The smallest absolute Gasteiger partial charge is 0.225 e. The second-order valence-electron chi connectivity index (χ2n) is 5.76. The van der Waals surface area contributed by atoms with E-state index in [-0.39, 0.29) is 17.6 Å². The van der Waals surface area contributed by atoms with Crippen molar-refractivity contribution >= 4 is 38.9 Å². The summed E-state index contributed by atoms with van der Waals surface area (Å²) in [6.07, 6.45) is 0.428. The predicted octanol–water partition coefficient (Wildman–Crippen LogP) is 5.79. The number of hydrogen-bond donors (Lipinski definition) is 1. The molecule has 0 radical (unpaired) electrons. The maximum Gasteiger partial charge on any atom is 0.225 e. The van der Waals surface area contributed by atoms with E-state index in [1.807, 2.05) is 35.7 Å². The van der Waals surface area contributed by atoms with Crippen LogP contribution in [0.5, 0.6) is 0 Å². The second kappa shape index (κ2) is 6.15. The van der Waals surface area contributed by atoms with E-state index in [9.17, 15) is 9.18 Å². The minimum absolute atomic E-state index is 0.00790. The average Bonchev–Trinajstić information content (AvgIpc) is 2.98. The van der Waals surface area contributed by atoms with Gasteiger partial charge in [0.05, 0.1) is 5.69 Å². The van der Waals surface area contributed by atoms with E-state index < -0.39 is 0 Å². The number of nitrogens with one attached hydrogen (secondary N) is 1. The Balaban J connectivity index is 1.81. The van der Waals surface area contributed by atoms with Crippen molar-refractivity contribution in [2.75, 3.05) is 5.32 Å². The molecular formula is C19H13BrFNOS. The number of anilines is 1. The molecule has 24 heavy (non-hydrogen) atoms. The Hall–Kier alpha value is -1.98. The molecule has 5 heteroatoms.